The Labute approximate surface area is 99.3 Å². The fraction of sp³-hybridized carbons (Fsp3) is 0.500. The number of hydrogen-bond donors (Lipinski definition) is 2. The first kappa shape index (κ1) is 11.8. The molecule has 1 heterocycles. The third-order valence-corrected chi connectivity index (χ3v) is 3.22. The number of carbonyl (C=O) groups is 1. The number of rotatable bonds is 3. The topological polar surface area (TPSA) is 57.8 Å². The number of nitrogens with zero attached hydrogens (tertiary/aromatic N) is 1. The molecule has 0 bridgehead atoms. The predicted molar refractivity (Wildman–Crippen MR) is 63.2 cm³/mol. The van der Waals surface area contributed by atoms with Gasteiger partial charge in [-0.2, -0.15) is 5.10 Å². The number of aromatic nitrogens is 2. The van der Waals surface area contributed by atoms with Crippen LogP contribution in [-0.2, 0) is 4.79 Å². The minimum atomic E-state index is -0.705. The third kappa shape index (κ3) is 2.38. The van der Waals surface area contributed by atoms with Crippen LogP contribution in [0.5, 0.6) is 0 Å². The highest BCUT2D eigenvalue weighted by atomic mass is 19.1. The van der Waals surface area contributed by atoms with Crippen LogP contribution in [0.4, 0.5) is 10.2 Å². The molecule has 92 valence electrons. The van der Waals surface area contributed by atoms with Gasteiger partial charge >= 0.3 is 0 Å². The van der Waals surface area contributed by atoms with Crippen molar-refractivity contribution < 1.29 is 9.18 Å². The number of halogens is 1. The van der Waals surface area contributed by atoms with E-state index >= 15 is 0 Å². The number of aromatic amines is 1. The lowest BCUT2D eigenvalue weighted by Gasteiger charge is -2.04. The Morgan fingerprint density at radius 2 is 2.12 bits per heavy atom. The summed E-state index contributed by atoms with van der Waals surface area (Å²) in [4.78, 5) is 11.6. The van der Waals surface area contributed by atoms with Gasteiger partial charge in [0.15, 0.2) is 11.6 Å². The molecule has 2 N–H and O–H groups in total. The van der Waals surface area contributed by atoms with Gasteiger partial charge < -0.3 is 5.32 Å². The van der Waals surface area contributed by atoms with Crippen LogP contribution in [0.15, 0.2) is 11.4 Å². The number of hydrogen-bond acceptors (Lipinski definition) is 2. The van der Waals surface area contributed by atoms with Gasteiger partial charge in [0.05, 0.1) is 0 Å². The van der Waals surface area contributed by atoms with Gasteiger partial charge in [0.1, 0.15) is 0 Å². The van der Waals surface area contributed by atoms with E-state index in [1.807, 2.05) is 13.8 Å². The molecule has 1 aromatic heterocycles. The Bertz CT molecular complexity index is 486. The highest BCUT2D eigenvalue weighted by Crippen LogP contribution is 2.38. The Hall–Kier alpha value is -1.65. The summed E-state index contributed by atoms with van der Waals surface area (Å²) >= 11 is 0. The average Bonchev–Trinajstić information content (AvgIpc) is 3.10. The molecule has 0 unspecified atom stereocenters. The molecule has 1 fully saturated rings. The molecule has 0 atom stereocenters. The van der Waals surface area contributed by atoms with E-state index in [1.54, 1.807) is 6.92 Å². The van der Waals surface area contributed by atoms with Crippen molar-refractivity contribution in [3.63, 3.8) is 0 Å². The number of aryl methyl sites for hydroxylation is 1. The highest BCUT2D eigenvalue weighted by molar-refractivity contribution is 6.02. The first-order valence-corrected chi connectivity index (χ1v) is 5.70. The van der Waals surface area contributed by atoms with Gasteiger partial charge in [-0.05, 0) is 45.1 Å². The zero-order valence-electron chi connectivity index (χ0n) is 10.2. The van der Waals surface area contributed by atoms with Gasteiger partial charge in [0.2, 0.25) is 0 Å². The fourth-order valence-corrected chi connectivity index (χ4v) is 1.64. The van der Waals surface area contributed by atoms with Crippen molar-refractivity contribution >= 4 is 11.7 Å². The summed E-state index contributed by atoms with van der Waals surface area (Å²) in [5.41, 5.74) is 2.24. The number of H-pyrrole nitrogens is 1. The minimum Gasteiger partial charge on any atom is -0.303 e. The van der Waals surface area contributed by atoms with Crippen molar-refractivity contribution in [3.05, 3.63) is 22.7 Å². The molecule has 1 aliphatic carbocycles. The largest absolute Gasteiger partial charge is 0.303 e. The van der Waals surface area contributed by atoms with Gasteiger partial charge in [0.25, 0.3) is 5.91 Å². The molecule has 1 aromatic rings. The van der Waals surface area contributed by atoms with Crippen LogP contribution in [0.1, 0.15) is 31.0 Å². The van der Waals surface area contributed by atoms with Crippen molar-refractivity contribution in [3.8, 4) is 0 Å². The number of allylic oxidation sites excluding steroid dienone is 1. The van der Waals surface area contributed by atoms with E-state index in [0.29, 0.717) is 11.4 Å². The summed E-state index contributed by atoms with van der Waals surface area (Å²) in [6.07, 6.45) is 1.96. The molecule has 1 amide bonds. The molecular weight excluding hydrogens is 221 g/mol. The molecule has 0 saturated heterocycles. The summed E-state index contributed by atoms with van der Waals surface area (Å²) < 4.78 is 13.7. The Kier molecular flexibility index (Phi) is 3.00. The fourth-order valence-electron chi connectivity index (χ4n) is 1.64. The molecule has 5 heteroatoms. The maximum Gasteiger partial charge on any atom is 0.285 e. The average molecular weight is 237 g/mol. The molecule has 4 nitrogen and oxygen atoms in total. The van der Waals surface area contributed by atoms with Crippen LogP contribution < -0.4 is 5.32 Å². The van der Waals surface area contributed by atoms with Gasteiger partial charge in [-0.15, -0.1) is 0 Å². The molecule has 17 heavy (non-hydrogen) atoms. The lowest BCUT2D eigenvalue weighted by atomic mass is 10.1. The van der Waals surface area contributed by atoms with E-state index in [0.717, 1.165) is 24.1 Å². The van der Waals surface area contributed by atoms with E-state index in [4.69, 9.17) is 0 Å². The van der Waals surface area contributed by atoms with Gasteiger partial charge in [0, 0.05) is 11.3 Å². The maximum absolute atomic E-state index is 13.7. The van der Waals surface area contributed by atoms with E-state index in [2.05, 4.69) is 15.5 Å². The highest BCUT2D eigenvalue weighted by Gasteiger charge is 2.28. The van der Waals surface area contributed by atoms with Crippen LogP contribution in [0.25, 0.3) is 0 Å². The second-order valence-corrected chi connectivity index (χ2v) is 4.55. The molecular formula is C12H16FN3O. The first-order chi connectivity index (χ1) is 8.00. The van der Waals surface area contributed by atoms with Crippen molar-refractivity contribution in [2.45, 2.75) is 33.6 Å². The number of amides is 1. The lowest BCUT2D eigenvalue weighted by molar-refractivity contribution is -0.114. The molecule has 0 spiro atoms. The zero-order chi connectivity index (χ0) is 12.6. The Balaban J connectivity index is 2.11. The van der Waals surface area contributed by atoms with Crippen LogP contribution >= 0.6 is 0 Å². The van der Waals surface area contributed by atoms with Crippen LogP contribution in [-0.4, -0.2) is 16.1 Å². The number of anilines is 1. The standard InChI is InChI=1S/C12H16FN3O/c1-6-8(3)15-16-11(6)14-12(17)10(13)7(2)9-4-5-9/h9H,4-5H2,1-3H3,(H2,14,15,16,17)/b10-7-. The summed E-state index contributed by atoms with van der Waals surface area (Å²) in [6, 6.07) is 0. The van der Waals surface area contributed by atoms with E-state index in [9.17, 15) is 9.18 Å². The molecule has 0 aliphatic heterocycles. The van der Waals surface area contributed by atoms with E-state index in [1.165, 1.54) is 0 Å². The molecule has 0 radical (unpaired) electrons. The SMILES string of the molecule is C/C(=C(/F)C(=O)Nc1n[nH]c(C)c1C)C1CC1. The van der Waals surface area contributed by atoms with Crippen molar-refractivity contribution in [2.75, 3.05) is 5.32 Å². The van der Waals surface area contributed by atoms with Gasteiger partial charge in [-0.25, -0.2) is 4.39 Å². The normalized spacial score (nSPS) is 16.7. The Morgan fingerprint density at radius 1 is 1.47 bits per heavy atom. The molecule has 0 aromatic carbocycles. The second kappa shape index (κ2) is 4.31. The quantitative estimate of drug-likeness (QED) is 0.794. The molecule has 1 aliphatic rings. The van der Waals surface area contributed by atoms with Crippen molar-refractivity contribution in [1.82, 2.24) is 10.2 Å². The Morgan fingerprint density at radius 3 is 2.59 bits per heavy atom. The van der Waals surface area contributed by atoms with Gasteiger partial charge in [-0.1, -0.05) is 0 Å². The van der Waals surface area contributed by atoms with Crippen LogP contribution in [0.3, 0.4) is 0 Å². The third-order valence-electron chi connectivity index (χ3n) is 3.22. The van der Waals surface area contributed by atoms with Crippen molar-refractivity contribution in [2.24, 2.45) is 5.92 Å². The number of carbonyl (C=O) groups excluding carboxylic acids is 1. The summed E-state index contributed by atoms with van der Waals surface area (Å²) in [7, 11) is 0. The zero-order valence-corrected chi connectivity index (χ0v) is 10.2. The van der Waals surface area contributed by atoms with E-state index in [-0.39, 0.29) is 5.92 Å². The van der Waals surface area contributed by atoms with Crippen molar-refractivity contribution in [1.29, 1.82) is 0 Å². The first-order valence-electron chi connectivity index (χ1n) is 5.70. The predicted octanol–water partition coefficient (Wildman–Crippen LogP) is 2.62. The van der Waals surface area contributed by atoms with E-state index < -0.39 is 11.7 Å². The molecule has 1 saturated carbocycles. The maximum atomic E-state index is 13.7. The lowest BCUT2D eigenvalue weighted by Crippen LogP contribution is -2.14. The van der Waals surface area contributed by atoms with Crippen LogP contribution in [0.2, 0.25) is 0 Å². The monoisotopic (exact) mass is 237 g/mol. The van der Waals surface area contributed by atoms with Gasteiger partial charge in [-0.3, -0.25) is 9.89 Å². The number of nitrogens with one attached hydrogen (secondary N) is 2. The minimum absolute atomic E-state index is 0.253. The summed E-state index contributed by atoms with van der Waals surface area (Å²) in [5, 5.41) is 9.13. The van der Waals surface area contributed by atoms with Crippen LogP contribution in [0, 0.1) is 19.8 Å². The second-order valence-electron chi connectivity index (χ2n) is 4.55. The molecule has 2 rings (SSSR count). The smallest absolute Gasteiger partial charge is 0.285 e. The summed E-state index contributed by atoms with van der Waals surface area (Å²) in [6.45, 7) is 5.35. The summed E-state index contributed by atoms with van der Waals surface area (Å²) in [5.74, 6) is -0.731.